The van der Waals surface area contributed by atoms with Crippen LogP contribution in [0.25, 0.3) is 0 Å². The molecule has 7 atom stereocenters. The topological polar surface area (TPSA) is 52.6 Å². The van der Waals surface area contributed by atoms with Gasteiger partial charge >= 0.3 is 11.9 Å². The van der Waals surface area contributed by atoms with E-state index in [9.17, 15) is 9.59 Å². The molecule has 4 fully saturated rings. The van der Waals surface area contributed by atoms with Crippen LogP contribution in [0.3, 0.4) is 0 Å². The Balaban J connectivity index is 1.30. The summed E-state index contributed by atoms with van der Waals surface area (Å²) in [5.41, 5.74) is 1.87. The first-order valence-corrected chi connectivity index (χ1v) is 13.4. The first-order chi connectivity index (χ1) is 15.3. The molecule has 0 bridgehead atoms. The van der Waals surface area contributed by atoms with Crippen LogP contribution in [0, 0.1) is 34.5 Å². The molecule has 0 aromatic rings. The van der Waals surface area contributed by atoms with Gasteiger partial charge in [0.05, 0.1) is 5.92 Å². The highest BCUT2D eigenvalue weighted by molar-refractivity contribution is 5.74. The Morgan fingerprint density at radius 1 is 0.875 bits per heavy atom. The van der Waals surface area contributed by atoms with Gasteiger partial charge in [0.15, 0.2) is 0 Å². The Kier molecular flexibility index (Phi) is 5.95. The highest BCUT2D eigenvalue weighted by Gasteiger charge is 2.60. The molecule has 0 unspecified atom stereocenters. The Morgan fingerprint density at radius 2 is 1.66 bits per heavy atom. The molecule has 0 aromatic carbocycles. The zero-order chi connectivity index (χ0) is 22.5. The van der Waals surface area contributed by atoms with Gasteiger partial charge in [-0.2, -0.15) is 0 Å². The normalized spacial score (nSPS) is 44.0. The van der Waals surface area contributed by atoms with Gasteiger partial charge in [0.2, 0.25) is 0 Å². The molecule has 0 aliphatic heterocycles. The molecule has 0 spiro atoms. The van der Waals surface area contributed by atoms with Crippen LogP contribution in [0.2, 0.25) is 0 Å². The second-order valence-electron chi connectivity index (χ2n) is 12.1. The van der Waals surface area contributed by atoms with Gasteiger partial charge in [0, 0.05) is 13.3 Å². The van der Waals surface area contributed by atoms with E-state index in [4.69, 9.17) is 9.47 Å². The summed E-state index contributed by atoms with van der Waals surface area (Å²) in [6.45, 7) is 6.41. The first kappa shape index (κ1) is 22.5. The van der Waals surface area contributed by atoms with E-state index in [0.717, 1.165) is 51.4 Å². The van der Waals surface area contributed by atoms with Gasteiger partial charge in [0.1, 0.15) is 12.2 Å². The molecule has 0 aromatic heterocycles. The molecule has 0 heterocycles. The largest absolute Gasteiger partial charge is 0.462 e. The number of fused-ring (bicyclic) bond motifs is 5. The molecule has 0 radical (unpaired) electrons. The molecule has 4 saturated carbocycles. The molecule has 0 amide bonds. The SMILES string of the molecule is CC(=O)O[C@@H]1CC[C@@]2(C)C(=CC[C@@H]3[C@H]4CC[C@@H](C(=O)OC5CCCCC5)[C@@]4(C)CC[C@H]32)C1. The summed E-state index contributed by atoms with van der Waals surface area (Å²) in [5.74, 6) is 2.06. The Hall–Kier alpha value is -1.32. The number of hydrogen-bond donors (Lipinski definition) is 0. The predicted octanol–water partition coefficient (Wildman–Crippen LogP) is 6.37. The van der Waals surface area contributed by atoms with E-state index in [1.807, 2.05) is 0 Å². The molecule has 178 valence electrons. The van der Waals surface area contributed by atoms with Gasteiger partial charge in [-0.05, 0) is 99.2 Å². The van der Waals surface area contributed by atoms with Gasteiger partial charge in [-0.25, -0.2) is 0 Å². The van der Waals surface area contributed by atoms with Gasteiger partial charge in [0.25, 0.3) is 0 Å². The molecule has 5 aliphatic carbocycles. The predicted molar refractivity (Wildman–Crippen MR) is 124 cm³/mol. The molecule has 32 heavy (non-hydrogen) atoms. The maximum absolute atomic E-state index is 13.3. The van der Waals surface area contributed by atoms with E-state index in [1.54, 1.807) is 0 Å². The van der Waals surface area contributed by atoms with Crippen molar-refractivity contribution in [3.05, 3.63) is 11.6 Å². The van der Waals surface area contributed by atoms with Gasteiger partial charge in [-0.1, -0.05) is 31.9 Å². The van der Waals surface area contributed by atoms with E-state index in [-0.39, 0.29) is 40.9 Å². The summed E-state index contributed by atoms with van der Waals surface area (Å²) in [5, 5.41) is 0. The van der Waals surface area contributed by atoms with Crippen LogP contribution >= 0.6 is 0 Å². The third-order valence-corrected chi connectivity index (χ3v) is 10.5. The van der Waals surface area contributed by atoms with E-state index in [1.165, 1.54) is 44.6 Å². The van der Waals surface area contributed by atoms with E-state index in [0.29, 0.717) is 17.8 Å². The minimum Gasteiger partial charge on any atom is -0.462 e. The van der Waals surface area contributed by atoms with Gasteiger partial charge < -0.3 is 9.47 Å². The third kappa shape index (κ3) is 3.74. The first-order valence-electron chi connectivity index (χ1n) is 13.4. The van der Waals surface area contributed by atoms with Crippen LogP contribution in [0.5, 0.6) is 0 Å². The van der Waals surface area contributed by atoms with Crippen molar-refractivity contribution in [2.45, 2.75) is 116 Å². The number of esters is 2. The quantitative estimate of drug-likeness (QED) is 0.376. The summed E-state index contributed by atoms with van der Waals surface area (Å²) in [7, 11) is 0. The van der Waals surface area contributed by atoms with Crippen LogP contribution in [-0.2, 0) is 19.1 Å². The van der Waals surface area contributed by atoms with Gasteiger partial charge in [-0.15, -0.1) is 0 Å². The average molecular weight is 443 g/mol. The average Bonchev–Trinajstić information content (AvgIpc) is 3.12. The van der Waals surface area contributed by atoms with Crippen molar-refractivity contribution >= 4 is 11.9 Å². The van der Waals surface area contributed by atoms with Crippen LogP contribution in [0.1, 0.15) is 104 Å². The van der Waals surface area contributed by atoms with Crippen LogP contribution in [-0.4, -0.2) is 24.1 Å². The lowest BCUT2D eigenvalue weighted by Crippen LogP contribution is -2.51. The fourth-order valence-electron chi connectivity index (χ4n) is 8.78. The summed E-state index contributed by atoms with van der Waals surface area (Å²) in [4.78, 5) is 24.7. The van der Waals surface area contributed by atoms with Crippen molar-refractivity contribution in [3.63, 3.8) is 0 Å². The van der Waals surface area contributed by atoms with E-state index >= 15 is 0 Å². The standard InChI is InChI=1S/C28H42O4/c1-18(29)31-21-13-15-27(2)19(17-21)9-10-22-23-11-12-25(28(23,3)16-14-24(22)27)26(30)32-20-7-5-4-6-8-20/h9,20-25H,4-8,10-17H2,1-3H3/t21-,22-,23-,24-,25+,27+,28+/m1/s1. The lowest BCUT2D eigenvalue weighted by atomic mass is 9.47. The van der Waals surface area contributed by atoms with Crippen molar-refractivity contribution in [1.29, 1.82) is 0 Å². The summed E-state index contributed by atoms with van der Waals surface area (Å²) >= 11 is 0. The molecular formula is C28H42O4. The lowest BCUT2D eigenvalue weighted by molar-refractivity contribution is -0.163. The van der Waals surface area contributed by atoms with Crippen molar-refractivity contribution in [1.82, 2.24) is 0 Å². The Labute approximate surface area is 193 Å². The number of carbonyl (C=O) groups is 2. The Morgan fingerprint density at radius 3 is 2.41 bits per heavy atom. The van der Waals surface area contributed by atoms with Crippen LogP contribution in [0.4, 0.5) is 0 Å². The number of rotatable bonds is 3. The van der Waals surface area contributed by atoms with Crippen molar-refractivity contribution in [2.24, 2.45) is 34.5 Å². The summed E-state index contributed by atoms with van der Waals surface area (Å²) in [6, 6.07) is 0. The number of carbonyl (C=O) groups excluding carboxylic acids is 2. The highest BCUT2D eigenvalue weighted by atomic mass is 16.5. The van der Waals surface area contributed by atoms with Crippen molar-refractivity contribution < 1.29 is 19.1 Å². The number of allylic oxidation sites excluding steroid dienone is 1. The second kappa shape index (κ2) is 8.47. The lowest BCUT2D eigenvalue weighted by Gasteiger charge is -2.57. The fraction of sp³-hybridized carbons (Fsp3) is 0.857. The van der Waals surface area contributed by atoms with Crippen molar-refractivity contribution in [2.75, 3.05) is 0 Å². The van der Waals surface area contributed by atoms with E-state index in [2.05, 4.69) is 19.9 Å². The molecule has 4 nitrogen and oxygen atoms in total. The molecular weight excluding hydrogens is 400 g/mol. The smallest absolute Gasteiger partial charge is 0.309 e. The summed E-state index contributed by atoms with van der Waals surface area (Å²) in [6.07, 6.45) is 17.2. The number of hydrogen-bond acceptors (Lipinski definition) is 4. The Bertz CT molecular complexity index is 780. The fourth-order valence-corrected chi connectivity index (χ4v) is 8.78. The van der Waals surface area contributed by atoms with E-state index < -0.39 is 0 Å². The molecule has 0 saturated heterocycles. The highest BCUT2D eigenvalue weighted by Crippen LogP contribution is 2.66. The minimum absolute atomic E-state index is 0.0580. The monoisotopic (exact) mass is 442 g/mol. The maximum atomic E-state index is 13.3. The zero-order valence-electron chi connectivity index (χ0n) is 20.4. The number of ether oxygens (including phenoxy) is 2. The molecule has 5 aliphatic rings. The minimum atomic E-state index is -0.154. The van der Waals surface area contributed by atoms with Crippen molar-refractivity contribution in [3.8, 4) is 0 Å². The van der Waals surface area contributed by atoms with Gasteiger partial charge in [-0.3, -0.25) is 9.59 Å². The van der Waals surface area contributed by atoms with Crippen LogP contribution in [0.15, 0.2) is 11.6 Å². The molecule has 0 N–H and O–H groups in total. The third-order valence-electron chi connectivity index (χ3n) is 10.5. The maximum Gasteiger partial charge on any atom is 0.309 e. The second-order valence-corrected chi connectivity index (χ2v) is 12.1. The summed E-state index contributed by atoms with van der Waals surface area (Å²) < 4.78 is 11.7. The zero-order valence-corrected chi connectivity index (χ0v) is 20.4. The van der Waals surface area contributed by atoms with Crippen LogP contribution < -0.4 is 0 Å². The molecule has 4 heteroatoms. The molecule has 5 rings (SSSR count).